The predicted octanol–water partition coefficient (Wildman–Crippen LogP) is 3.74. The molecule has 2 rings (SSSR count). The molecule has 0 aliphatic heterocycles. The fourth-order valence-electron chi connectivity index (χ4n) is 1.94. The zero-order chi connectivity index (χ0) is 14.0. The maximum absolute atomic E-state index is 14.1. The van der Waals surface area contributed by atoms with E-state index < -0.39 is 17.7 Å². The molecule has 0 aliphatic carbocycles. The van der Waals surface area contributed by atoms with Crippen LogP contribution in [0.3, 0.4) is 0 Å². The fraction of sp³-hybridized carbons (Fsp3) is 0.214. The molecule has 1 aromatic carbocycles. The maximum Gasteiger partial charge on any atom is 0.145 e. The van der Waals surface area contributed by atoms with Gasteiger partial charge in [0.2, 0.25) is 0 Å². The molecule has 5 heteroatoms. The van der Waals surface area contributed by atoms with Crippen LogP contribution in [0.5, 0.6) is 0 Å². The van der Waals surface area contributed by atoms with Crippen molar-refractivity contribution in [3.63, 3.8) is 0 Å². The second-order valence-electron chi connectivity index (χ2n) is 4.21. The molecule has 0 radical (unpaired) electrons. The molecular formula is C14H13BrF2N2. The number of hydrogen-bond acceptors (Lipinski definition) is 2. The standard InChI is InChI=1S/C14H13BrF2N2/c1-8-3-4-9(7-19-8)14(18-2)12-11(16)6-5-10(15)13(12)17/h3-7,14,18H,1-2H3. The number of aryl methyl sites for hydroxylation is 1. The summed E-state index contributed by atoms with van der Waals surface area (Å²) in [4.78, 5) is 4.16. The Bertz CT molecular complexity index is 585. The molecule has 2 nitrogen and oxygen atoms in total. The van der Waals surface area contributed by atoms with E-state index in [1.807, 2.05) is 19.1 Å². The van der Waals surface area contributed by atoms with Crippen molar-refractivity contribution in [3.05, 3.63) is 63.4 Å². The Balaban J connectivity index is 2.54. The number of hydrogen-bond donors (Lipinski definition) is 1. The average molecular weight is 327 g/mol. The third kappa shape index (κ3) is 2.82. The minimum absolute atomic E-state index is 0.0115. The van der Waals surface area contributed by atoms with Gasteiger partial charge in [0.15, 0.2) is 0 Å². The van der Waals surface area contributed by atoms with Gasteiger partial charge in [-0.1, -0.05) is 6.07 Å². The van der Waals surface area contributed by atoms with Gasteiger partial charge < -0.3 is 5.32 Å². The largest absolute Gasteiger partial charge is 0.309 e. The second-order valence-corrected chi connectivity index (χ2v) is 5.07. The predicted molar refractivity (Wildman–Crippen MR) is 73.9 cm³/mol. The first-order valence-corrected chi connectivity index (χ1v) is 6.57. The summed E-state index contributed by atoms with van der Waals surface area (Å²) in [6.45, 7) is 1.86. The van der Waals surface area contributed by atoms with Crippen LogP contribution in [0.2, 0.25) is 0 Å². The first-order chi connectivity index (χ1) is 9.04. The van der Waals surface area contributed by atoms with Gasteiger partial charge >= 0.3 is 0 Å². The van der Waals surface area contributed by atoms with Gasteiger partial charge in [-0.2, -0.15) is 0 Å². The van der Waals surface area contributed by atoms with E-state index in [0.29, 0.717) is 5.56 Å². The van der Waals surface area contributed by atoms with Crippen LogP contribution in [-0.2, 0) is 0 Å². The summed E-state index contributed by atoms with van der Waals surface area (Å²) in [5.41, 5.74) is 1.56. The van der Waals surface area contributed by atoms with Crippen LogP contribution in [-0.4, -0.2) is 12.0 Å². The summed E-state index contributed by atoms with van der Waals surface area (Å²) in [6, 6.07) is 5.64. The molecule has 1 atom stereocenters. The van der Waals surface area contributed by atoms with E-state index >= 15 is 0 Å². The molecule has 0 aliphatic rings. The van der Waals surface area contributed by atoms with Gasteiger partial charge in [-0.05, 0) is 53.7 Å². The van der Waals surface area contributed by atoms with Crippen LogP contribution in [0.4, 0.5) is 8.78 Å². The zero-order valence-electron chi connectivity index (χ0n) is 10.5. The van der Waals surface area contributed by atoms with Crippen molar-refractivity contribution in [2.45, 2.75) is 13.0 Å². The third-order valence-electron chi connectivity index (χ3n) is 2.92. The molecule has 1 unspecified atom stereocenters. The van der Waals surface area contributed by atoms with Gasteiger partial charge in [-0.25, -0.2) is 8.78 Å². The highest BCUT2D eigenvalue weighted by atomic mass is 79.9. The molecule has 0 fully saturated rings. The van der Waals surface area contributed by atoms with Gasteiger partial charge in [0.25, 0.3) is 0 Å². The number of aromatic nitrogens is 1. The lowest BCUT2D eigenvalue weighted by Gasteiger charge is -2.19. The zero-order valence-corrected chi connectivity index (χ0v) is 12.1. The normalized spacial score (nSPS) is 12.5. The van der Waals surface area contributed by atoms with Crippen LogP contribution >= 0.6 is 15.9 Å². The van der Waals surface area contributed by atoms with E-state index in [2.05, 4.69) is 26.2 Å². The van der Waals surface area contributed by atoms with Crippen LogP contribution in [0, 0.1) is 18.6 Å². The van der Waals surface area contributed by atoms with Crippen molar-refractivity contribution in [1.82, 2.24) is 10.3 Å². The van der Waals surface area contributed by atoms with Crippen molar-refractivity contribution >= 4 is 15.9 Å². The molecule has 1 aromatic heterocycles. The molecular weight excluding hydrogens is 314 g/mol. The number of halogens is 3. The van der Waals surface area contributed by atoms with Gasteiger partial charge in [-0.15, -0.1) is 0 Å². The van der Waals surface area contributed by atoms with E-state index in [9.17, 15) is 8.78 Å². The van der Waals surface area contributed by atoms with E-state index in [4.69, 9.17) is 0 Å². The molecule has 1 heterocycles. The van der Waals surface area contributed by atoms with Gasteiger partial charge in [0, 0.05) is 17.5 Å². The summed E-state index contributed by atoms with van der Waals surface area (Å²) in [5.74, 6) is -1.18. The Morgan fingerprint density at radius 3 is 2.53 bits per heavy atom. The molecule has 19 heavy (non-hydrogen) atoms. The smallest absolute Gasteiger partial charge is 0.145 e. The molecule has 0 saturated carbocycles. The fourth-order valence-corrected chi connectivity index (χ4v) is 2.28. The SMILES string of the molecule is CNC(c1ccc(C)nc1)c1c(F)ccc(Br)c1F. The van der Waals surface area contributed by atoms with Gasteiger partial charge in [0.05, 0.1) is 10.5 Å². The van der Waals surface area contributed by atoms with Crippen LogP contribution in [0.15, 0.2) is 34.9 Å². The van der Waals surface area contributed by atoms with E-state index in [0.717, 1.165) is 5.69 Å². The highest BCUT2D eigenvalue weighted by Gasteiger charge is 2.22. The number of benzene rings is 1. The summed E-state index contributed by atoms with van der Waals surface area (Å²) >= 11 is 3.08. The van der Waals surface area contributed by atoms with Crippen LogP contribution in [0.25, 0.3) is 0 Å². The number of pyridine rings is 1. The third-order valence-corrected chi connectivity index (χ3v) is 3.54. The van der Waals surface area contributed by atoms with E-state index in [-0.39, 0.29) is 10.0 Å². The van der Waals surface area contributed by atoms with Crippen molar-refractivity contribution < 1.29 is 8.78 Å². The maximum atomic E-state index is 14.1. The summed E-state index contributed by atoms with van der Waals surface area (Å²) in [7, 11) is 1.66. The molecule has 0 saturated heterocycles. The van der Waals surface area contributed by atoms with Gasteiger partial charge in [0.1, 0.15) is 11.6 Å². The van der Waals surface area contributed by atoms with Crippen LogP contribution in [0.1, 0.15) is 22.9 Å². The first-order valence-electron chi connectivity index (χ1n) is 5.77. The molecule has 0 spiro atoms. The number of nitrogens with one attached hydrogen (secondary N) is 1. The summed E-state index contributed by atoms with van der Waals surface area (Å²) in [5, 5.41) is 2.92. The Morgan fingerprint density at radius 1 is 1.21 bits per heavy atom. The Labute approximate surface area is 119 Å². The first kappa shape index (κ1) is 14.1. The highest BCUT2D eigenvalue weighted by Crippen LogP contribution is 2.30. The minimum Gasteiger partial charge on any atom is -0.309 e. The second kappa shape index (κ2) is 5.75. The molecule has 2 aromatic rings. The summed E-state index contributed by atoms with van der Waals surface area (Å²) < 4.78 is 28.3. The quantitative estimate of drug-likeness (QED) is 0.869. The number of rotatable bonds is 3. The van der Waals surface area contributed by atoms with E-state index in [1.165, 1.54) is 12.1 Å². The number of nitrogens with zero attached hydrogens (tertiary/aromatic N) is 1. The molecule has 1 N–H and O–H groups in total. The van der Waals surface area contributed by atoms with Crippen molar-refractivity contribution in [3.8, 4) is 0 Å². The summed E-state index contributed by atoms with van der Waals surface area (Å²) in [6.07, 6.45) is 1.62. The topological polar surface area (TPSA) is 24.9 Å². The monoisotopic (exact) mass is 326 g/mol. The lowest BCUT2D eigenvalue weighted by molar-refractivity contribution is 0.518. The Morgan fingerprint density at radius 2 is 1.95 bits per heavy atom. The molecule has 0 amide bonds. The Kier molecular flexibility index (Phi) is 4.27. The molecule has 100 valence electrons. The molecule has 0 bridgehead atoms. The Hall–Kier alpha value is -1.33. The van der Waals surface area contributed by atoms with Crippen molar-refractivity contribution in [1.29, 1.82) is 0 Å². The minimum atomic E-state index is -0.597. The van der Waals surface area contributed by atoms with Crippen LogP contribution < -0.4 is 5.32 Å². The lowest BCUT2D eigenvalue weighted by atomic mass is 9.99. The van der Waals surface area contributed by atoms with Crippen molar-refractivity contribution in [2.24, 2.45) is 0 Å². The van der Waals surface area contributed by atoms with E-state index in [1.54, 1.807) is 13.2 Å². The van der Waals surface area contributed by atoms with Crippen molar-refractivity contribution in [2.75, 3.05) is 7.05 Å². The highest BCUT2D eigenvalue weighted by molar-refractivity contribution is 9.10. The van der Waals surface area contributed by atoms with Gasteiger partial charge in [-0.3, -0.25) is 4.98 Å². The average Bonchev–Trinajstić information content (AvgIpc) is 2.40. The lowest BCUT2D eigenvalue weighted by Crippen LogP contribution is -2.21.